The number of hydrogen-bond donors (Lipinski definition) is 1. The number of aromatic nitrogens is 1. The fourth-order valence-electron chi connectivity index (χ4n) is 1.79. The first-order valence-electron chi connectivity index (χ1n) is 6.02. The number of hydrogen-bond acceptors (Lipinski definition) is 4. The number of rotatable bonds is 4. The van der Waals surface area contributed by atoms with E-state index < -0.39 is 10.0 Å². The molecule has 0 aliphatic rings. The highest BCUT2D eigenvalue weighted by atomic mass is 35.5. The van der Waals surface area contributed by atoms with Gasteiger partial charge in [0, 0.05) is 0 Å². The molecule has 5 nitrogen and oxygen atoms in total. The largest absolute Gasteiger partial charge is 0.281 e. The molecule has 0 spiro atoms. The summed E-state index contributed by atoms with van der Waals surface area (Å²) in [5, 5.41) is 9.13. The van der Waals surface area contributed by atoms with Gasteiger partial charge < -0.3 is 0 Å². The topological polar surface area (TPSA) is 82.8 Å². The van der Waals surface area contributed by atoms with E-state index >= 15 is 0 Å². The summed E-state index contributed by atoms with van der Waals surface area (Å²) < 4.78 is 26.8. The SMILES string of the molecule is Cc1nc(Cl)ccc1NS(=O)(=O)Cc1cccc(C#N)c1. The van der Waals surface area contributed by atoms with E-state index in [1.54, 1.807) is 37.3 Å². The first-order valence-corrected chi connectivity index (χ1v) is 8.05. The Hall–Kier alpha value is -2.10. The molecule has 2 aromatic rings. The average Bonchev–Trinajstić information content (AvgIpc) is 2.41. The molecule has 1 aromatic heterocycles. The van der Waals surface area contributed by atoms with Crippen molar-refractivity contribution in [2.45, 2.75) is 12.7 Å². The summed E-state index contributed by atoms with van der Waals surface area (Å²) in [4.78, 5) is 3.99. The van der Waals surface area contributed by atoms with Crippen molar-refractivity contribution in [1.29, 1.82) is 5.26 Å². The molecule has 7 heteroatoms. The van der Waals surface area contributed by atoms with E-state index in [1.807, 2.05) is 6.07 Å². The summed E-state index contributed by atoms with van der Waals surface area (Å²) in [5.41, 5.74) is 1.85. The van der Waals surface area contributed by atoms with Gasteiger partial charge in [-0.25, -0.2) is 13.4 Å². The maximum absolute atomic E-state index is 12.2. The van der Waals surface area contributed by atoms with Gasteiger partial charge in [0.15, 0.2) is 0 Å². The van der Waals surface area contributed by atoms with Crippen molar-refractivity contribution in [3.63, 3.8) is 0 Å². The maximum atomic E-state index is 12.2. The lowest BCUT2D eigenvalue weighted by Gasteiger charge is -2.10. The molecule has 0 fully saturated rings. The van der Waals surface area contributed by atoms with Crippen LogP contribution >= 0.6 is 11.6 Å². The lowest BCUT2D eigenvalue weighted by molar-refractivity contribution is 0.600. The number of pyridine rings is 1. The molecule has 0 unspecified atom stereocenters. The van der Waals surface area contributed by atoms with E-state index in [2.05, 4.69) is 9.71 Å². The Morgan fingerprint density at radius 3 is 2.76 bits per heavy atom. The van der Waals surface area contributed by atoms with Gasteiger partial charge in [-0.05, 0) is 36.8 Å². The van der Waals surface area contributed by atoms with E-state index in [9.17, 15) is 8.42 Å². The molecule has 0 atom stereocenters. The van der Waals surface area contributed by atoms with E-state index in [0.717, 1.165) is 0 Å². The summed E-state index contributed by atoms with van der Waals surface area (Å²) in [6.45, 7) is 1.67. The van der Waals surface area contributed by atoms with Crippen LogP contribution in [0.2, 0.25) is 5.15 Å². The molecule has 0 saturated heterocycles. The van der Waals surface area contributed by atoms with Gasteiger partial charge in [0.05, 0.1) is 28.8 Å². The van der Waals surface area contributed by atoms with Crippen molar-refractivity contribution in [3.8, 4) is 6.07 Å². The van der Waals surface area contributed by atoms with Gasteiger partial charge in [-0.15, -0.1) is 0 Å². The second-order valence-corrected chi connectivity index (χ2v) is 6.55. The third-order valence-corrected chi connectivity index (χ3v) is 4.18. The molecular formula is C14H12ClN3O2S. The number of benzene rings is 1. The Morgan fingerprint density at radius 2 is 2.10 bits per heavy atom. The Morgan fingerprint density at radius 1 is 1.33 bits per heavy atom. The van der Waals surface area contributed by atoms with Crippen molar-refractivity contribution >= 4 is 27.3 Å². The van der Waals surface area contributed by atoms with Crippen LogP contribution in [-0.2, 0) is 15.8 Å². The standard InChI is InChI=1S/C14H12ClN3O2S/c1-10-13(5-6-14(15)17-10)18-21(19,20)9-12-4-2-3-11(7-12)8-16/h2-7,18H,9H2,1H3. The monoisotopic (exact) mass is 321 g/mol. The van der Waals surface area contributed by atoms with Gasteiger partial charge in [-0.2, -0.15) is 5.26 Å². The van der Waals surface area contributed by atoms with Crippen LogP contribution in [0, 0.1) is 18.3 Å². The second kappa shape index (κ2) is 6.12. The fraction of sp³-hybridized carbons (Fsp3) is 0.143. The van der Waals surface area contributed by atoms with Gasteiger partial charge in [0.1, 0.15) is 5.15 Å². The summed E-state index contributed by atoms with van der Waals surface area (Å²) in [7, 11) is -3.59. The van der Waals surface area contributed by atoms with E-state index in [0.29, 0.717) is 27.7 Å². The Bertz CT molecular complexity index is 813. The van der Waals surface area contributed by atoms with Gasteiger partial charge in [0.2, 0.25) is 10.0 Å². The first-order chi connectivity index (χ1) is 9.89. The van der Waals surface area contributed by atoms with Crippen molar-refractivity contribution in [1.82, 2.24) is 4.98 Å². The molecule has 0 radical (unpaired) electrons. The van der Waals surface area contributed by atoms with Gasteiger partial charge in [-0.1, -0.05) is 23.7 Å². The van der Waals surface area contributed by atoms with Crippen LogP contribution in [-0.4, -0.2) is 13.4 Å². The highest BCUT2D eigenvalue weighted by Crippen LogP contribution is 2.18. The number of anilines is 1. The predicted octanol–water partition coefficient (Wildman–Crippen LogP) is 2.86. The second-order valence-electron chi connectivity index (χ2n) is 4.44. The summed E-state index contributed by atoms with van der Waals surface area (Å²) in [5.74, 6) is -0.218. The number of nitrogens with one attached hydrogen (secondary N) is 1. The van der Waals surface area contributed by atoms with Crippen LogP contribution in [0.1, 0.15) is 16.8 Å². The van der Waals surface area contributed by atoms with Gasteiger partial charge >= 0.3 is 0 Å². The van der Waals surface area contributed by atoms with Gasteiger partial charge in [-0.3, -0.25) is 4.72 Å². The molecule has 0 aliphatic carbocycles. The van der Waals surface area contributed by atoms with E-state index in [4.69, 9.17) is 16.9 Å². The maximum Gasteiger partial charge on any atom is 0.236 e. The molecule has 0 amide bonds. The predicted molar refractivity (Wildman–Crippen MR) is 81.4 cm³/mol. The zero-order chi connectivity index (χ0) is 15.5. The highest BCUT2D eigenvalue weighted by molar-refractivity contribution is 7.91. The van der Waals surface area contributed by atoms with Crippen LogP contribution < -0.4 is 4.72 Å². The van der Waals surface area contributed by atoms with Crippen molar-refractivity contribution in [2.75, 3.05) is 4.72 Å². The van der Waals surface area contributed by atoms with Gasteiger partial charge in [0.25, 0.3) is 0 Å². The normalized spacial score (nSPS) is 10.9. The molecule has 0 bridgehead atoms. The number of nitrogens with zero attached hydrogens (tertiary/aromatic N) is 2. The Balaban J connectivity index is 2.20. The third kappa shape index (κ3) is 4.18. The summed E-state index contributed by atoms with van der Waals surface area (Å²) >= 11 is 5.73. The van der Waals surface area contributed by atoms with Crippen LogP contribution in [0.15, 0.2) is 36.4 Å². The lowest BCUT2D eigenvalue weighted by Crippen LogP contribution is -2.16. The van der Waals surface area contributed by atoms with Crippen LogP contribution in [0.5, 0.6) is 0 Å². The smallest absolute Gasteiger partial charge is 0.236 e. The fourth-order valence-corrected chi connectivity index (χ4v) is 3.22. The number of nitriles is 1. The minimum atomic E-state index is -3.59. The molecule has 21 heavy (non-hydrogen) atoms. The van der Waals surface area contributed by atoms with E-state index in [-0.39, 0.29) is 5.75 Å². The van der Waals surface area contributed by atoms with E-state index in [1.165, 1.54) is 6.07 Å². The molecule has 1 heterocycles. The zero-order valence-electron chi connectivity index (χ0n) is 11.2. The number of aryl methyl sites for hydroxylation is 1. The molecule has 2 rings (SSSR count). The van der Waals surface area contributed by atoms with Crippen molar-refractivity contribution < 1.29 is 8.42 Å². The number of sulfonamides is 1. The van der Waals surface area contributed by atoms with Crippen molar-refractivity contribution in [2.24, 2.45) is 0 Å². The summed E-state index contributed by atoms with van der Waals surface area (Å²) in [6, 6.07) is 11.5. The molecular weight excluding hydrogens is 310 g/mol. The molecule has 0 saturated carbocycles. The minimum Gasteiger partial charge on any atom is -0.281 e. The molecule has 1 N–H and O–H groups in total. The Labute approximate surface area is 128 Å². The number of halogens is 1. The third-order valence-electron chi connectivity index (χ3n) is 2.73. The molecule has 108 valence electrons. The Kier molecular flexibility index (Phi) is 4.46. The lowest BCUT2D eigenvalue weighted by atomic mass is 10.2. The minimum absolute atomic E-state index is 0.218. The zero-order valence-corrected chi connectivity index (χ0v) is 12.7. The van der Waals surface area contributed by atoms with Crippen LogP contribution in [0.4, 0.5) is 5.69 Å². The van der Waals surface area contributed by atoms with Crippen LogP contribution in [0.25, 0.3) is 0 Å². The average molecular weight is 322 g/mol. The first kappa shape index (κ1) is 15.3. The highest BCUT2D eigenvalue weighted by Gasteiger charge is 2.14. The molecule has 1 aromatic carbocycles. The van der Waals surface area contributed by atoms with Crippen LogP contribution in [0.3, 0.4) is 0 Å². The summed E-state index contributed by atoms with van der Waals surface area (Å²) in [6.07, 6.45) is 0. The van der Waals surface area contributed by atoms with Crippen molar-refractivity contribution in [3.05, 3.63) is 58.4 Å². The quantitative estimate of drug-likeness (QED) is 0.878. The molecule has 0 aliphatic heterocycles.